The number of benzene rings is 2. The number of nitrogens with zero attached hydrogens (tertiary/aromatic N) is 1. The smallest absolute Gasteiger partial charge is 0.193 e. The maximum atomic E-state index is 12.9. The summed E-state index contributed by atoms with van der Waals surface area (Å²) in [7, 11) is 3.01. The standard InChI is InChI=1S/C23H27NO5/c1-16-4-6-17(7-5-16)8-9-19(25)22-21(28-3)14-20(27-2)18(23(22)26)15-24-10-12-29-13-11-24/h4-9,14,26H,10-13,15H2,1-3H3. The molecule has 0 atom stereocenters. The number of hydrogen-bond acceptors (Lipinski definition) is 6. The molecule has 0 saturated carbocycles. The van der Waals surface area contributed by atoms with Gasteiger partial charge in [0.25, 0.3) is 0 Å². The minimum Gasteiger partial charge on any atom is -0.507 e. The number of ether oxygens (including phenoxy) is 3. The Morgan fingerprint density at radius 3 is 2.41 bits per heavy atom. The fourth-order valence-electron chi connectivity index (χ4n) is 3.31. The van der Waals surface area contributed by atoms with Crippen LogP contribution in [0, 0.1) is 6.92 Å². The number of carbonyl (C=O) groups is 1. The number of methoxy groups -OCH3 is 2. The molecule has 1 saturated heterocycles. The molecule has 0 amide bonds. The highest BCUT2D eigenvalue weighted by molar-refractivity contribution is 6.11. The van der Waals surface area contributed by atoms with E-state index in [0.717, 1.165) is 24.2 Å². The Balaban J connectivity index is 1.94. The van der Waals surface area contributed by atoms with Gasteiger partial charge in [-0.1, -0.05) is 35.9 Å². The van der Waals surface area contributed by atoms with E-state index in [-0.39, 0.29) is 22.8 Å². The van der Waals surface area contributed by atoms with Gasteiger partial charge in [-0.05, 0) is 18.6 Å². The minimum atomic E-state index is -0.328. The SMILES string of the molecule is COc1cc(OC)c(C(=O)C=Cc2ccc(C)cc2)c(O)c1CN1CCOCC1. The Kier molecular flexibility index (Phi) is 6.90. The number of ketones is 1. The maximum absolute atomic E-state index is 12.9. The molecule has 0 radical (unpaired) electrons. The van der Waals surface area contributed by atoms with Crippen molar-refractivity contribution in [1.29, 1.82) is 0 Å². The number of aromatic hydroxyl groups is 1. The van der Waals surface area contributed by atoms with Crippen LogP contribution in [0.3, 0.4) is 0 Å². The summed E-state index contributed by atoms with van der Waals surface area (Å²) in [5.74, 6) is 0.339. The molecule has 1 heterocycles. The number of morpholine rings is 1. The van der Waals surface area contributed by atoms with Gasteiger partial charge in [0.1, 0.15) is 22.8 Å². The Morgan fingerprint density at radius 2 is 1.79 bits per heavy atom. The van der Waals surface area contributed by atoms with Crippen LogP contribution in [0.2, 0.25) is 0 Å². The molecule has 1 fully saturated rings. The lowest BCUT2D eigenvalue weighted by atomic mass is 10.0. The Labute approximate surface area is 171 Å². The first-order valence-electron chi connectivity index (χ1n) is 9.59. The summed E-state index contributed by atoms with van der Waals surface area (Å²) < 4.78 is 16.2. The topological polar surface area (TPSA) is 68.2 Å². The van der Waals surface area contributed by atoms with Crippen molar-refractivity contribution < 1.29 is 24.1 Å². The zero-order chi connectivity index (χ0) is 20.8. The van der Waals surface area contributed by atoms with Gasteiger partial charge >= 0.3 is 0 Å². The van der Waals surface area contributed by atoms with E-state index in [9.17, 15) is 9.90 Å². The summed E-state index contributed by atoms with van der Waals surface area (Å²) in [6, 6.07) is 9.50. The van der Waals surface area contributed by atoms with E-state index >= 15 is 0 Å². The minimum absolute atomic E-state index is 0.105. The Hall–Kier alpha value is -2.83. The summed E-state index contributed by atoms with van der Waals surface area (Å²) >= 11 is 0. The number of carbonyl (C=O) groups excluding carboxylic acids is 1. The van der Waals surface area contributed by atoms with Crippen LogP contribution in [-0.2, 0) is 11.3 Å². The molecular weight excluding hydrogens is 370 g/mol. The molecule has 0 spiro atoms. The van der Waals surface area contributed by atoms with Gasteiger partial charge in [-0.15, -0.1) is 0 Å². The zero-order valence-corrected chi connectivity index (χ0v) is 17.1. The number of phenolic OH excluding ortho intramolecular Hbond substituents is 1. The predicted octanol–water partition coefficient (Wildman–Crippen LogP) is 3.45. The number of aryl methyl sites for hydroxylation is 1. The van der Waals surface area contributed by atoms with Crippen molar-refractivity contribution in [2.24, 2.45) is 0 Å². The lowest BCUT2D eigenvalue weighted by molar-refractivity contribution is 0.0335. The molecule has 2 aromatic rings. The first-order valence-corrected chi connectivity index (χ1v) is 9.59. The summed E-state index contributed by atoms with van der Waals surface area (Å²) in [5.41, 5.74) is 2.77. The third kappa shape index (κ3) is 4.96. The van der Waals surface area contributed by atoms with Gasteiger partial charge in [0.2, 0.25) is 0 Å². The quantitative estimate of drug-likeness (QED) is 0.570. The first-order chi connectivity index (χ1) is 14.0. The third-order valence-electron chi connectivity index (χ3n) is 5.00. The molecule has 1 N–H and O–H groups in total. The molecule has 0 aliphatic carbocycles. The van der Waals surface area contributed by atoms with E-state index < -0.39 is 0 Å². The molecular formula is C23H27NO5. The van der Waals surface area contributed by atoms with E-state index in [0.29, 0.717) is 31.1 Å². The van der Waals surface area contributed by atoms with Crippen LogP contribution in [0.5, 0.6) is 17.2 Å². The average Bonchev–Trinajstić information content (AvgIpc) is 2.75. The molecule has 0 unspecified atom stereocenters. The van der Waals surface area contributed by atoms with Crippen molar-refractivity contribution in [3.8, 4) is 17.2 Å². The fourth-order valence-corrected chi connectivity index (χ4v) is 3.31. The van der Waals surface area contributed by atoms with Crippen LogP contribution in [0.4, 0.5) is 0 Å². The van der Waals surface area contributed by atoms with Crippen molar-refractivity contribution in [3.63, 3.8) is 0 Å². The normalized spacial score (nSPS) is 14.9. The average molecular weight is 397 g/mol. The van der Waals surface area contributed by atoms with Gasteiger partial charge in [0.15, 0.2) is 5.78 Å². The number of rotatable bonds is 7. The molecule has 0 bridgehead atoms. The van der Waals surface area contributed by atoms with Gasteiger partial charge in [0, 0.05) is 25.7 Å². The summed E-state index contributed by atoms with van der Waals surface area (Å²) in [6.45, 7) is 5.27. The van der Waals surface area contributed by atoms with Crippen LogP contribution in [0.15, 0.2) is 36.4 Å². The summed E-state index contributed by atoms with van der Waals surface area (Å²) in [6.07, 6.45) is 3.18. The van der Waals surface area contributed by atoms with Crippen LogP contribution in [-0.4, -0.2) is 56.3 Å². The van der Waals surface area contributed by atoms with E-state index in [2.05, 4.69) is 4.90 Å². The fraction of sp³-hybridized carbons (Fsp3) is 0.348. The molecule has 6 nitrogen and oxygen atoms in total. The third-order valence-corrected chi connectivity index (χ3v) is 5.00. The molecule has 154 valence electrons. The van der Waals surface area contributed by atoms with Gasteiger partial charge in [-0.25, -0.2) is 0 Å². The Morgan fingerprint density at radius 1 is 1.14 bits per heavy atom. The van der Waals surface area contributed by atoms with Gasteiger partial charge < -0.3 is 19.3 Å². The van der Waals surface area contributed by atoms with Gasteiger partial charge in [-0.2, -0.15) is 0 Å². The molecule has 29 heavy (non-hydrogen) atoms. The molecule has 1 aliphatic heterocycles. The van der Waals surface area contributed by atoms with E-state index in [1.165, 1.54) is 20.3 Å². The second-order valence-electron chi connectivity index (χ2n) is 6.98. The van der Waals surface area contributed by atoms with Gasteiger partial charge in [-0.3, -0.25) is 9.69 Å². The summed E-state index contributed by atoms with van der Waals surface area (Å²) in [5, 5.41) is 11.0. The first kappa shape index (κ1) is 20.9. The van der Waals surface area contributed by atoms with E-state index in [4.69, 9.17) is 14.2 Å². The number of hydrogen-bond donors (Lipinski definition) is 1. The van der Waals surface area contributed by atoms with Crippen molar-refractivity contribution in [3.05, 3.63) is 58.7 Å². The monoisotopic (exact) mass is 397 g/mol. The maximum Gasteiger partial charge on any atom is 0.193 e. The van der Waals surface area contributed by atoms with Crippen molar-refractivity contribution in [2.45, 2.75) is 13.5 Å². The van der Waals surface area contributed by atoms with Crippen molar-refractivity contribution in [2.75, 3.05) is 40.5 Å². The van der Waals surface area contributed by atoms with E-state index in [1.54, 1.807) is 12.1 Å². The second-order valence-corrected chi connectivity index (χ2v) is 6.98. The second kappa shape index (κ2) is 9.58. The van der Waals surface area contributed by atoms with Crippen LogP contribution < -0.4 is 9.47 Å². The highest BCUT2D eigenvalue weighted by atomic mass is 16.5. The molecule has 1 aliphatic rings. The summed E-state index contributed by atoms with van der Waals surface area (Å²) in [4.78, 5) is 15.1. The van der Waals surface area contributed by atoms with Crippen molar-refractivity contribution in [1.82, 2.24) is 4.90 Å². The molecule has 0 aromatic heterocycles. The number of phenols is 1. The molecule has 2 aromatic carbocycles. The zero-order valence-electron chi connectivity index (χ0n) is 17.1. The van der Waals surface area contributed by atoms with E-state index in [1.807, 2.05) is 31.2 Å². The van der Waals surface area contributed by atoms with Crippen LogP contribution in [0.25, 0.3) is 6.08 Å². The number of allylic oxidation sites excluding steroid dienone is 1. The molecule has 3 rings (SSSR count). The lowest BCUT2D eigenvalue weighted by Gasteiger charge is -2.28. The highest BCUT2D eigenvalue weighted by Crippen LogP contribution is 2.39. The lowest BCUT2D eigenvalue weighted by Crippen LogP contribution is -2.35. The largest absolute Gasteiger partial charge is 0.507 e. The van der Waals surface area contributed by atoms with Gasteiger partial charge in [0.05, 0.1) is 33.0 Å². The highest BCUT2D eigenvalue weighted by Gasteiger charge is 2.25. The molecule has 6 heteroatoms. The van der Waals surface area contributed by atoms with Crippen molar-refractivity contribution >= 4 is 11.9 Å². The van der Waals surface area contributed by atoms with Crippen LogP contribution in [0.1, 0.15) is 27.0 Å². The van der Waals surface area contributed by atoms with Crippen LogP contribution >= 0.6 is 0 Å². The predicted molar refractivity (Wildman–Crippen MR) is 112 cm³/mol. The Bertz CT molecular complexity index is 883.